The number of hydroxylamine groups is 1. The number of carbonyl (C=O) groups is 3. The third-order valence-corrected chi connectivity index (χ3v) is 8.44. The molecule has 5 fully saturated rings. The van der Waals surface area contributed by atoms with Crippen LogP contribution < -0.4 is 10.2 Å². The van der Waals surface area contributed by atoms with Crippen molar-refractivity contribution in [3.8, 4) is 11.5 Å². The van der Waals surface area contributed by atoms with Crippen LogP contribution in [0.5, 0.6) is 11.5 Å². The number of nitrogens with one attached hydrogen (secondary N) is 1. The Balaban J connectivity index is 1.42. The SMILES string of the molecule is COc1ccc(CN2C(=O)N(C34CC5CC(CC(C5)C3)C4)C(=O)C2CCCC(=O)NO)c(O)c1. The number of carbonyl (C=O) groups excluding carboxylic acids is 3. The number of ether oxygens (including phenoxy) is 1. The van der Waals surface area contributed by atoms with E-state index >= 15 is 0 Å². The molecule has 6 rings (SSSR count). The first-order chi connectivity index (χ1) is 16.3. The highest BCUT2D eigenvalue weighted by Crippen LogP contribution is 2.58. The highest BCUT2D eigenvalue weighted by atomic mass is 16.5. The third kappa shape index (κ3) is 3.89. The topological polar surface area (TPSA) is 119 Å². The van der Waals surface area contributed by atoms with Gasteiger partial charge in [0.25, 0.3) is 5.91 Å². The van der Waals surface area contributed by atoms with Crippen molar-refractivity contribution in [1.82, 2.24) is 15.3 Å². The summed E-state index contributed by atoms with van der Waals surface area (Å²) in [5.41, 5.74) is 1.75. The first-order valence-corrected chi connectivity index (χ1v) is 12.3. The maximum absolute atomic E-state index is 13.8. The molecule has 1 atom stereocenters. The van der Waals surface area contributed by atoms with Crippen LogP contribution in [0.3, 0.4) is 0 Å². The van der Waals surface area contributed by atoms with Crippen LogP contribution in [0, 0.1) is 17.8 Å². The minimum absolute atomic E-state index is 0.00580. The van der Waals surface area contributed by atoms with E-state index in [1.165, 1.54) is 32.4 Å². The molecular formula is C25H33N3O6. The average molecular weight is 472 g/mol. The monoisotopic (exact) mass is 471 g/mol. The van der Waals surface area contributed by atoms with Crippen molar-refractivity contribution in [2.45, 2.75) is 75.9 Å². The van der Waals surface area contributed by atoms with E-state index in [9.17, 15) is 19.5 Å². The zero-order chi connectivity index (χ0) is 24.0. The second-order valence-electron chi connectivity index (χ2n) is 10.7. The average Bonchev–Trinajstić information content (AvgIpc) is 3.03. The second-order valence-corrected chi connectivity index (χ2v) is 10.7. The maximum atomic E-state index is 13.8. The van der Waals surface area contributed by atoms with Gasteiger partial charge in [-0.2, -0.15) is 0 Å². The van der Waals surface area contributed by atoms with E-state index in [0.29, 0.717) is 41.9 Å². The molecule has 1 aromatic carbocycles. The molecule has 1 saturated heterocycles. The minimum Gasteiger partial charge on any atom is -0.507 e. The molecule has 4 amide bonds. The lowest BCUT2D eigenvalue weighted by molar-refractivity contribution is -0.141. The van der Waals surface area contributed by atoms with Gasteiger partial charge in [0.05, 0.1) is 19.2 Å². The molecule has 1 aromatic rings. The largest absolute Gasteiger partial charge is 0.507 e. The van der Waals surface area contributed by atoms with Crippen LogP contribution in [0.15, 0.2) is 18.2 Å². The lowest BCUT2D eigenvalue weighted by atomic mass is 9.52. The van der Waals surface area contributed by atoms with Crippen LogP contribution >= 0.6 is 0 Å². The molecule has 4 aliphatic carbocycles. The van der Waals surface area contributed by atoms with Crippen molar-refractivity contribution in [3.05, 3.63) is 23.8 Å². The molecule has 0 spiro atoms. The number of phenols is 1. The number of nitrogens with zero attached hydrogens (tertiary/aromatic N) is 2. The molecule has 1 heterocycles. The van der Waals surface area contributed by atoms with Crippen LogP contribution in [-0.4, -0.2) is 56.6 Å². The summed E-state index contributed by atoms with van der Waals surface area (Å²) in [6.07, 6.45) is 7.02. The van der Waals surface area contributed by atoms with E-state index in [1.807, 2.05) is 0 Å². The summed E-state index contributed by atoms with van der Waals surface area (Å²) >= 11 is 0. The molecule has 9 nitrogen and oxygen atoms in total. The Morgan fingerprint density at radius 3 is 2.35 bits per heavy atom. The van der Waals surface area contributed by atoms with Gasteiger partial charge in [-0.15, -0.1) is 0 Å². The summed E-state index contributed by atoms with van der Waals surface area (Å²) < 4.78 is 5.16. The second kappa shape index (κ2) is 8.76. The fourth-order valence-electron chi connectivity index (χ4n) is 7.37. The molecule has 4 bridgehead atoms. The van der Waals surface area contributed by atoms with Crippen molar-refractivity contribution < 1.29 is 29.4 Å². The van der Waals surface area contributed by atoms with Gasteiger partial charge in [-0.3, -0.25) is 19.7 Å². The Bertz CT molecular complexity index is 960. The zero-order valence-corrected chi connectivity index (χ0v) is 19.5. The van der Waals surface area contributed by atoms with Gasteiger partial charge < -0.3 is 14.7 Å². The molecular weight excluding hydrogens is 438 g/mol. The molecule has 184 valence electrons. The quantitative estimate of drug-likeness (QED) is 0.304. The number of rotatable bonds is 8. The number of urea groups is 1. The highest BCUT2D eigenvalue weighted by Gasteiger charge is 2.60. The number of hydrogen-bond acceptors (Lipinski definition) is 6. The Kier molecular flexibility index (Phi) is 5.91. The zero-order valence-electron chi connectivity index (χ0n) is 19.5. The molecule has 9 heteroatoms. The standard InChI is InChI=1S/C25H33N3O6/c1-34-19-6-5-18(21(29)10-19)14-27-20(3-2-4-22(30)26-33)23(31)28(24(27)32)25-11-15-7-16(12-25)9-17(8-15)13-25/h5-6,10,15-17,20,29,33H,2-4,7-9,11-14H2,1H3,(H,26,30). The summed E-state index contributed by atoms with van der Waals surface area (Å²) in [5, 5.41) is 19.3. The number of phenolic OH excluding ortho intramolecular Hbond substituents is 1. The fraction of sp³-hybridized carbons (Fsp3) is 0.640. The van der Waals surface area contributed by atoms with Gasteiger partial charge in [0.2, 0.25) is 5.91 Å². The predicted molar refractivity (Wildman–Crippen MR) is 121 cm³/mol. The molecule has 1 unspecified atom stereocenters. The van der Waals surface area contributed by atoms with Gasteiger partial charge in [-0.25, -0.2) is 10.3 Å². The Labute approximate surface area is 199 Å². The van der Waals surface area contributed by atoms with Gasteiger partial charge in [0.15, 0.2) is 0 Å². The van der Waals surface area contributed by atoms with Crippen molar-refractivity contribution in [2.75, 3.05) is 7.11 Å². The summed E-state index contributed by atoms with van der Waals surface area (Å²) in [7, 11) is 1.51. The normalized spacial score (nSPS) is 31.9. The Morgan fingerprint density at radius 2 is 1.79 bits per heavy atom. The van der Waals surface area contributed by atoms with Crippen LogP contribution in [0.1, 0.15) is 63.4 Å². The fourth-order valence-corrected chi connectivity index (χ4v) is 7.37. The van der Waals surface area contributed by atoms with E-state index < -0.39 is 17.5 Å². The molecule has 3 N–H and O–H groups in total. The van der Waals surface area contributed by atoms with Gasteiger partial charge in [-0.1, -0.05) is 0 Å². The summed E-state index contributed by atoms with van der Waals surface area (Å²) in [6.45, 7) is 0.0974. The number of methoxy groups -OCH3 is 1. The van der Waals surface area contributed by atoms with Crippen LogP contribution in [0.4, 0.5) is 4.79 Å². The van der Waals surface area contributed by atoms with Crippen LogP contribution in [0.2, 0.25) is 0 Å². The third-order valence-electron chi connectivity index (χ3n) is 8.44. The number of benzene rings is 1. The first kappa shape index (κ1) is 23.0. The van der Waals surface area contributed by atoms with E-state index in [-0.39, 0.29) is 30.7 Å². The molecule has 34 heavy (non-hydrogen) atoms. The van der Waals surface area contributed by atoms with Gasteiger partial charge in [0.1, 0.15) is 17.5 Å². The molecule has 0 radical (unpaired) electrons. The number of aromatic hydroxyl groups is 1. The van der Waals surface area contributed by atoms with Gasteiger partial charge >= 0.3 is 6.03 Å². The van der Waals surface area contributed by atoms with Crippen molar-refractivity contribution in [3.63, 3.8) is 0 Å². The molecule has 4 saturated carbocycles. The van der Waals surface area contributed by atoms with E-state index in [0.717, 1.165) is 19.3 Å². The highest BCUT2D eigenvalue weighted by molar-refractivity contribution is 6.05. The summed E-state index contributed by atoms with van der Waals surface area (Å²) in [5.74, 6) is 1.55. The van der Waals surface area contributed by atoms with E-state index in [2.05, 4.69) is 0 Å². The van der Waals surface area contributed by atoms with E-state index in [4.69, 9.17) is 9.94 Å². The summed E-state index contributed by atoms with van der Waals surface area (Å²) in [6, 6.07) is 3.92. The minimum atomic E-state index is -0.700. The van der Waals surface area contributed by atoms with Crippen molar-refractivity contribution >= 4 is 17.8 Å². The summed E-state index contributed by atoms with van der Waals surface area (Å²) in [4.78, 5) is 42.3. The van der Waals surface area contributed by atoms with Crippen LogP contribution in [-0.2, 0) is 16.1 Å². The lowest BCUT2D eigenvalue weighted by Crippen LogP contribution is -2.62. The molecule has 0 aromatic heterocycles. The van der Waals surface area contributed by atoms with Crippen LogP contribution in [0.25, 0.3) is 0 Å². The lowest BCUT2D eigenvalue weighted by Gasteiger charge is -2.58. The molecule has 1 aliphatic heterocycles. The number of imide groups is 1. The van der Waals surface area contributed by atoms with Crippen molar-refractivity contribution in [2.24, 2.45) is 17.8 Å². The number of amides is 4. The molecule has 5 aliphatic rings. The maximum Gasteiger partial charge on any atom is 0.328 e. The van der Waals surface area contributed by atoms with E-state index in [1.54, 1.807) is 27.4 Å². The first-order valence-electron chi connectivity index (χ1n) is 12.3. The van der Waals surface area contributed by atoms with Gasteiger partial charge in [0, 0.05) is 18.1 Å². The number of hydrogen-bond donors (Lipinski definition) is 3. The van der Waals surface area contributed by atoms with Crippen molar-refractivity contribution in [1.29, 1.82) is 0 Å². The Hall–Kier alpha value is -2.81. The smallest absolute Gasteiger partial charge is 0.328 e. The predicted octanol–water partition coefficient (Wildman–Crippen LogP) is 3.18. The Morgan fingerprint density at radius 1 is 1.15 bits per heavy atom. The van der Waals surface area contributed by atoms with Gasteiger partial charge in [-0.05, 0) is 81.3 Å².